The fourth-order valence-electron chi connectivity index (χ4n) is 3.65. The van der Waals surface area contributed by atoms with Crippen LogP contribution in [0.1, 0.15) is 42.5 Å². The first-order chi connectivity index (χ1) is 12.4. The molecule has 7 nitrogen and oxygen atoms in total. The summed E-state index contributed by atoms with van der Waals surface area (Å²) in [6.45, 7) is 1.78. The molecule has 0 bridgehead atoms. The van der Waals surface area contributed by atoms with Gasteiger partial charge in [-0.05, 0) is 49.9 Å². The molecule has 0 saturated carbocycles. The van der Waals surface area contributed by atoms with Crippen LogP contribution in [0.15, 0.2) is 29.2 Å². The number of hydrogen-bond acceptors (Lipinski definition) is 4. The Labute approximate surface area is 154 Å². The molecule has 0 aromatic heterocycles. The molecular formula is C18H25N3O4S. The van der Waals surface area contributed by atoms with Crippen molar-refractivity contribution in [2.45, 2.75) is 43.0 Å². The molecule has 2 aliphatic heterocycles. The third-order valence-electron chi connectivity index (χ3n) is 5.11. The van der Waals surface area contributed by atoms with E-state index in [1.54, 1.807) is 4.90 Å². The number of carbonyl (C=O) groups excluding carboxylic acids is 2. The third-order valence-corrected chi connectivity index (χ3v) is 7.03. The van der Waals surface area contributed by atoms with Crippen molar-refractivity contribution in [3.05, 3.63) is 29.8 Å². The minimum Gasteiger partial charge on any atom is -0.355 e. The molecule has 1 N–H and O–H groups in total. The Morgan fingerprint density at radius 2 is 1.62 bits per heavy atom. The lowest BCUT2D eigenvalue weighted by Crippen LogP contribution is -2.52. The number of hydrogen-bond donors (Lipinski definition) is 1. The van der Waals surface area contributed by atoms with Crippen LogP contribution < -0.4 is 5.32 Å². The van der Waals surface area contributed by atoms with Crippen molar-refractivity contribution >= 4 is 21.8 Å². The van der Waals surface area contributed by atoms with Crippen LogP contribution in [0.2, 0.25) is 0 Å². The van der Waals surface area contributed by atoms with Crippen molar-refractivity contribution in [1.29, 1.82) is 0 Å². The Morgan fingerprint density at radius 1 is 1.00 bits per heavy atom. The van der Waals surface area contributed by atoms with E-state index in [1.807, 2.05) is 0 Å². The summed E-state index contributed by atoms with van der Waals surface area (Å²) in [4.78, 5) is 26.4. The smallest absolute Gasteiger partial charge is 0.251 e. The van der Waals surface area contributed by atoms with E-state index in [0.29, 0.717) is 31.6 Å². The van der Waals surface area contributed by atoms with Crippen molar-refractivity contribution in [3.63, 3.8) is 0 Å². The molecule has 1 aromatic rings. The Bertz CT molecular complexity index is 770. The average molecular weight is 379 g/mol. The second-order valence-electron chi connectivity index (χ2n) is 6.76. The average Bonchev–Trinajstić information content (AvgIpc) is 3.21. The topological polar surface area (TPSA) is 86.8 Å². The molecule has 1 unspecified atom stereocenters. The van der Waals surface area contributed by atoms with Crippen LogP contribution in [0.4, 0.5) is 0 Å². The zero-order valence-electron chi connectivity index (χ0n) is 15.0. The van der Waals surface area contributed by atoms with Gasteiger partial charge < -0.3 is 10.2 Å². The minimum absolute atomic E-state index is 0.0762. The molecule has 2 amide bonds. The Morgan fingerprint density at radius 3 is 2.23 bits per heavy atom. The first kappa shape index (κ1) is 18.8. The number of rotatable bonds is 4. The van der Waals surface area contributed by atoms with Gasteiger partial charge in [-0.25, -0.2) is 8.42 Å². The number of sulfonamides is 1. The molecule has 2 aliphatic rings. The zero-order valence-corrected chi connectivity index (χ0v) is 15.8. The number of likely N-dealkylation sites (tertiary alicyclic amines) is 1. The minimum atomic E-state index is -3.78. The monoisotopic (exact) mass is 379 g/mol. The van der Waals surface area contributed by atoms with Crippen LogP contribution in [-0.2, 0) is 14.8 Å². The fourth-order valence-corrected chi connectivity index (χ4v) is 5.30. The predicted molar refractivity (Wildman–Crippen MR) is 97.2 cm³/mol. The van der Waals surface area contributed by atoms with Crippen molar-refractivity contribution in [2.24, 2.45) is 0 Å². The molecule has 2 fully saturated rings. The molecular weight excluding hydrogens is 354 g/mol. The molecule has 2 saturated heterocycles. The highest BCUT2D eigenvalue weighted by atomic mass is 32.2. The van der Waals surface area contributed by atoms with E-state index < -0.39 is 16.1 Å². The molecule has 1 atom stereocenters. The molecule has 2 heterocycles. The molecule has 8 heteroatoms. The second kappa shape index (κ2) is 7.75. The summed E-state index contributed by atoms with van der Waals surface area (Å²) in [7, 11) is -2.26. The van der Waals surface area contributed by atoms with E-state index in [-0.39, 0.29) is 16.7 Å². The van der Waals surface area contributed by atoms with Gasteiger partial charge in [0.2, 0.25) is 15.9 Å². The Kier molecular flexibility index (Phi) is 5.62. The molecule has 0 spiro atoms. The molecule has 1 aromatic carbocycles. The van der Waals surface area contributed by atoms with Gasteiger partial charge in [-0.2, -0.15) is 4.31 Å². The third kappa shape index (κ3) is 3.61. The SMILES string of the molecule is CNC(=O)c1ccc(S(=O)(=O)N2CCCCC2C(=O)N2CCCC2)cc1. The van der Waals surface area contributed by atoms with Crippen molar-refractivity contribution in [2.75, 3.05) is 26.7 Å². The van der Waals surface area contributed by atoms with Gasteiger partial charge in [0.15, 0.2) is 0 Å². The van der Waals surface area contributed by atoms with Gasteiger partial charge in [-0.15, -0.1) is 0 Å². The fraction of sp³-hybridized carbons (Fsp3) is 0.556. The molecule has 0 aliphatic carbocycles. The number of nitrogens with zero attached hydrogens (tertiary/aromatic N) is 2. The van der Waals surface area contributed by atoms with E-state index >= 15 is 0 Å². The molecule has 0 radical (unpaired) electrons. The lowest BCUT2D eigenvalue weighted by molar-refractivity contribution is -0.135. The quantitative estimate of drug-likeness (QED) is 0.852. The van der Waals surface area contributed by atoms with Crippen LogP contribution in [0.25, 0.3) is 0 Å². The summed E-state index contributed by atoms with van der Waals surface area (Å²) in [6, 6.07) is 5.24. The predicted octanol–water partition coefficient (Wildman–Crippen LogP) is 1.21. The maximum Gasteiger partial charge on any atom is 0.251 e. The van der Waals surface area contributed by atoms with Gasteiger partial charge in [0.1, 0.15) is 6.04 Å². The van der Waals surface area contributed by atoms with Gasteiger partial charge in [-0.3, -0.25) is 9.59 Å². The highest BCUT2D eigenvalue weighted by molar-refractivity contribution is 7.89. The highest BCUT2D eigenvalue weighted by Gasteiger charge is 2.39. The van der Waals surface area contributed by atoms with Crippen LogP contribution >= 0.6 is 0 Å². The van der Waals surface area contributed by atoms with E-state index in [9.17, 15) is 18.0 Å². The lowest BCUT2D eigenvalue weighted by Gasteiger charge is -2.35. The number of carbonyl (C=O) groups is 2. The summed E-state index contributed by atoms with van der Waals surface area (Å²) in [5.41, 5.74) is 0.398. The van der Waals surface area contributed by atoms with Crippen molar-refractivity contribution < 1.29 is 18.0 Å². The van der Waals surface area contributed by atoms with Gasteiger partial charge >= 0.3 is 0 Å². The summed E-state index contributed by atoms with van der Waals surface area (Å²) in [5.74, 6) is -0.346. The highest BCUT2D eigenvalue weighted by Crippen LogP contribution is 2.27. The van der Waals surface area contributed by atoms with Crippen LogP contribution in [0.3, 0.4) is 0 Å². The Hall–Kier alpha value is -1.93. The van der Waals surface area contributed by atoms with E-state index in [1.165, 1.54) is 35.6 Å². The standard InChI is InChI=1S/C18H25N3O4S/c1-19-17(22)14-7-9-15(10-8-14)26(24,25)21-13-3-2-6-16(21)18(23)20-11-4-5-12-20/h7-10,16H,2-6,11-13H2,1H3,(H,19,22). The maximum absolute atomic E-state index is 13.1. The molecule has 142 valence electrons. The normalized spacial score (nSPS) is 21.6. The van der Waals surface area contributed by atoms with Gasteiger partial charge in [0, 0.05) is 32.2 Å². The maximum atomic E-state index is 13.1. The summed E-state index contributed by atoms with van der Waals surface area (Å²) in [6.07, 6.45) is 4.12. The van der Waals surface area contributed by atoms with E-state index in [0.717, 1.165) is 25.7 Å². The Balaban J connectivity index is 1.85. The number of benzene rings is 1. The van der Waals surface area contributed by atoms with Crippen molar-refractivity contribution in [1.82, 2.24) is 14.5 Å². The molecule has 3 rings (SSSR count). The summed E-state index contributed by atoms with van der Waals surface area (Å²) >= 11 is 0. The van der Waals surface area contributed by atoms with E-state index in [2.05, 4.69) is 5.32 Å². The van der Waals surface area contributed by atoms with Gasteiger partial charge in [-0.1, -0.05) is 6.42 Å². The number of piperidine rings is 1. The lowest BCUT2D eigenvalue weighted by atomic mass is 10.0. The zero-order chi connectivity index (χ0) is 18.7. The van der Waals surface area contributed by atoms with E-state index in [4.69, 9.17) is 0 Å². The summed E-state index contributed by atoms with van der Waals surface area (Å²) < 4.78 is 27.6. The van der Waals surface area contributed by atoms with Crippen LogP contribution in [-0.4, -0.2) is 62.2 Å². The van der Waals surface area contributed by atoms with Gasteiger partial charge in [0.25, 0.3) is 5.91 Å². The summed E-state index contributed by atoms with van der Waals surface area (Å²) in [5, 5.41) is 2.51. The van der Waals surface area contributed by atoms with Crippen LogP contribution in [0.5, 0.6) is 0 Å². The largest absolute Gasteiger partial charge is 0.355 e. The second-order valence-corrected chi connectivity index (χ2v) is 8.65. The number of nitrogens with one attached hydrogen (secondary N) is 1. The van der Waals surface area contributed by atoms with Crippen molar-refractivity contribution in [3.8, 4) is 0 Å². The first-order valence-electron chi connectivity index (χ1n) is 9.08. The van der Waals surface area contributed by atoms with Crippen LogP contribution in [0, 0.1) is 0 Å². The first-order valence-corrected chi connectivity index (χ1v) is 10.5. The van der Waals surface area contributed by atoms with Gasteiger partial charge in [0.05, 0.1) is 4.90 Å². The number of amides is 2. The molecule has 26 heavy (non-hydrogen) atoms.